The van der Waals surface area contributed by atoms with E-state index in [0.29, 0.717) is 5.56 Å². The van der Waals surface area contributed by atoms with E-state index in [1.165, 1.54) is 25.3 Å². The Balaban J connectivity index is 0.00000204. The van der Waals surface area contributed by atoms with E-state index in [-0.39, 0.29) is 22.5 Å². The zero-order chi connectivity index (χ0) is 22.2. The van der Waals surface area contributed by atoms with Crippen LogP contribution in [0.25, 0.3) is 5.57 Å². The summed E-state index contributed by atoms with van der Waals surface area (Å²) in [4.78, 5) is 15.1. The topological polar surface area (TPSA) is 106 Å². The highest BCUT2D eigenvalue weighted by Crippen LogP contribution is 2.30. The van der Waals surface area contributed by atoms with Crippen LogP contribution in [0.1, 0.15) is 36.1 Å². The third kappa shape index (κ3) is 6.59. The molecular weight excluding hydrogens is 390 g/mol. The van der Waals surface area contributed by atoms with Crippen molar-refractivity contribution in [3.05, 3.63) is 70.9 Å². The van der Waals surface area contributed by atoms with Gasteiger partial charge in [-0.15, -0.1) is 0 Å². The van der Waals surface area contributed by atoms with Crippen LogP contribution in [0.4, 0.5) is 17.6 Å². The number of pyridine rings is 1. The second-order valence-electron chi connectivity index (χ2n) is 5.49. The molecule has 0 saturated heterocycles. The number of nitrogens with one attached hydrogen (secondary N) is 1. The molecule has 10 heteroatoms. The van der Waals surface area contributed by atoms with Crippen molar-refractivity contribution >= 4 is 17.3 Å². The number of amidine groups is 1. The molecule has 0 aliphatic rings. The molecule has 156 valence electrons. The molecule has 0 atom stereocenters. The molecule has 1 amide bonds. The number of rotatable bonds is 5. The van der Waals surface area contributed by atoms with E-state index in [2.05, 4.69) is 15.5 Å². The SMILES string of the molecule is CC.Cc1cc(/C(N)=N/N/C=C(/C(N)=O)c2ccncc2F)cc(C(F)(F)F)c1. The minimum atomic E-state index is -4.54. The number of alkyl halides is 3. The molecule has 2 rings (SSSR count). The Morgan fingerprint density at radius 1 is 1.21 bits per heavy atom. The van der Waals surface area contributed by atoms with Crippen LogP contribution in [0.15, 0.2) is 48.0 Å². The predicted octanol–water partition coefficient (Wildman–Crippen LogP) is 3.31. The number of carbonyl (C=O) groups excluding carboxylic acids is 1. The smallest absolute Gasteiger partial charge is 0.382 e. The van der Waals surface area contributed by atoms with E-state index in [9.17, 15) is 22.4 Å². The number of aryl methyl sites for hydroxylation is 1. The molecule has 0 radical (unpaired) electrons. The summed E-state index contributed by atoms with van der Waals surface area (Å²) in [6, 6.07) is 4.46. The third-order valence-corrected chi connectivity index (χ3v) is 3.42. The van der Waals surface area contributed by atoms with Crippen molar-refractivity contribution in [2.75, 3.05) is 0 Å². The van der Waals surface area contributed by atoms with Crippen LogP contribution in [-0.4, -0.2) is 16.7 Å². The molecule has 0 spiro atoms. The highest BCUT2D eigenvalue weighted by molar-refractivity contribution is 6.18. The van der Waals surface area contributed by atoms with Crippen LogP contribution in [0.2, 0.25) is 0 Å². The van der Waals surface area contributed by atoms with Crippen LogP contribution in [0.5, 0.6) is 0 Å². The van der Waals surface area contributed by atoms with Crippen LogP contribution < -0.4 is 16.9 Å². The van der Waals surface area contributed by atoms with Crippen molar-refractivity contribution in [1.82, 2.24) is 10.4 Å². The fourth-order valence-corrected chi connectivity index (χ4v) is 2.20. The van der Waals surface area contributed by atoms with Gasteiger partial charge in [-0.2, -0.15) is 18.3 Å². The lowest BCUT2D eigenvalue weighted by molar-refractivity contribution is -0.137. The van der Waals surface area contributed by atoms with Gasteiger partial charge in [0, 0.05) is 23.5 Å². The summed E-state index contributed by atoms with van der Waals surface area (Å²) in [6.45, 7) is 5.48. The number of hydrogen-bond acceptors (Lipinski definition) is 4. The Bertz CT molecular complexity index is 923. The first-order valence-corrected chi connectivity index (χ1v) is 8.47. The number of primary amides is 1. The summed E-state index contributed by atoms with van der Waals surface area (Å²) in [5.74, 6) is -1.99. The Hall–Kier alpha value is -3.43. The minimum Gasteiger partial charge on any atom is -0.382 e. The molecule has 0 fully saturated rings. The van der Waals surface area contributed by atoms with Crippen molar-refractivity contribution in [3.8, 4) is 0 Å². The second kappa shape index (κ2) is 10.2. The van der Waals surface area contributed by atoms with E-state index >= 15 is 0 Å². The molecule has 0 aliphatic heterocycles. The van der Waals surface area contributed by atoms with E-state index in [1.807, 2.05) is 13.8 Å². The van der Waals surface area contributed by atoms with Gasteiger partial charge in [-0.1, -0.05) is 13.8 Å². The van der Waals surface area contributed by atoms with E-state index in [4.69, 9.17) is 11.5 Å². The fraction of sp³-hybridized carbons (Fsp3) is 0.211. The van der Waals surface area contributed by atoms with Crippen LogP contribution in [0, 0.1) is 12.7 Å². The first kappa shape index (κ1) is 23.6. The molecule has 0 aliphatic carbocycles. The number of nitrogens with two attached hydrogens (primary N) is 2. The Morgan fingerprint density at radius 2 is 1.86 bits per heavy atom. The summed E-state index contributed by atoms with van der Waals surface area (Å²) in [5.41, 5.74) is 12.3. The lowest BCUT2D eigenvalue weighted by atomic mass is 10.1. The van der Waals surface area contributed by atoms with Crippen molar-refractivity contribution < 1.29 is 22.4 Å². The highest BCUT2D eigenvalue weighted by Gasteiger charge is 2.31. The normalized spacial score (nSPS) is 12.1. The molecule has 1 aromatic carbocycles. The van der Waals surface area contributed by atoms with Crippen molar-refractivity contribution in [1.29, 1.82) is 0 Å². The summed E-state index contributed by atoms with van der Waals surface area (Å²) in [7, 11) is 0. The quantitative estimate of drug-likeness (QED) is 0.231. The minimum absolute atomic E-state index is 0.0268. The maximum absolute atomic E-state index is 13.7. The molecule has 0 saturated carbocycles. The van der Waals surface area contributed by atoms with Gasteiger partial charge in [0.2, 0.25) is 0 Å². The number of hydrogen-bond donors (Lipinski definition) is 3. The molecule has 29 heavy (non-hydrogen) atoms. The lowest BCUT2D eigenvalue weighted by Crippen LogP contribution is -2.20. The van der Waals surface area contributed by atoms with Gasteiger partial charge in [-0.25, -0.2) is 4.39 Å². The number of hydrazone groups is 1. The van der Waals surface area contributed by atoms with E-state index in [1.54, 1.807) is 0 Å². The highest BCUT2D eigenvalue weighted by atomic mass is 19.4. The number of amides is 1. The summed E-state index contributed by atoms with van der Waals surface area (Å²) >= 11 is 0. The van der Waals surface area contributed by atoms with E-state index < -0.39 is 23.5 Å². The predicted molar refractivity (Wildman–Crippen MR) is 103 cm³/mol. The number of benzene rings is 1. The lowest BCUT2D eigenvalue weighted by Gasteiger charge is -2.10. The first-order chi connectivity index (χ1) is 13.6. The molecule has 0 bridgehead atoms. The van der Waals surface area contributed by atoms with Crippen molar-refractivity contribution in [2.24, 2.45) is 16.6 Å². The number of halogens is 4. The average Bonchev–Trinajstić information content (AvgIpc) is 2.66. The van der Waals surface area contributed by atoms with Gasteiger partial charge in [0.25, 0.3) is 5.91 Å². The number of aromatic nitrogens is 1. The van der Waals surface area contributed by atoms with Gasteiger partial charge in [0.1, 0.15) is 5.82 Å². The van der Waals surface area contributed by atoms with Gasteiger partial charge in [0.05, 0.1) is 17.3 Å². The van der Waals surface area contributed by atoms with Gasteiger partial charge in [-0.05, 0) is 36.8 Å². The van der Waals surface area contributed by atoms with Crippen molar-refractivity contribution in [3.63, 3.8) is 0 Å². The zero-order valence-corrected chi connectivity index (χ0v) is 16.0. The third-order valence-electron chi connectivity index (χ3n) is 3.42. The Kier molecular flexibility index (Phi) is 8.31. The Labute approximate surface area is 165 Å². The summed E-state index contributed by atoms with van der Waals surface area (Å²) in [5, 5.41) is 3.69. The maximum Gasteiger partial charge on any atom is 0.416 e. The summed E-state index contributed by atoms with van der Waals surface area (Å²) < 4.78 is 52.4. The molecule has 1 heterocycles. The van der Waals surface area contributed by atoms with Crippen LogP contribution in [0.3, 0.4) is 0 Å². The van der Waals surface area contributed by atoms with Gasteiger partial charge < -0.3 is 11.5 Å². The zero-order valence-electron chi connectivity index (χ0n) is 16.0. The number of nitrogens with zero attached hydrogens (tertiary/aromatic N) is 2. The standard InChI is InChI=1S/C17H15F4N5O.C2H6/c1-9-4-10(6-11(5-9)17(19,20)21)15(22)26-25-7-13(16(23)27)12-2-3-24-8-14(12)18;1-2/h2-8,25H,1H3,(H2,22,26)(H2,23,27);1-2H3/b13-7+;. The van der Waals surface area contributed by atoms with E-state index in [0.717, 1.165) is 24.5 Å². The first-order valence-electron chi connectivity index (χ1n) is 8.47. The largest absolute Gasteiger partial charge is 0.416 e. The average molecular weight is 411 g/mol. The molecule has 0 unspecified atom stereocenters. The van der Waals surface area contributed by atoms with Crippen LogP contribution >= 0.6 is 0 Å². The second-order valence-corrected chi connectivity index (χ2v) is 5.49. The molecule has 1 aromatic heterocycles. The molecule has 5 N–H and O–H groups in total. The van der Waals surface area contributed by atoms with Gasteiger partial charge in [-0.3, -0.25) is 15.2 Å². The number of carbonyl (C=O) groups is 1. The Morgan fingerprint density at radius 3 is 2.41 bits per heavy atom. The molecule has 6 nitrogen and oxygen atoms in total. The molecular formula is C19H21F4N5O. The van der Waals surface area contributed by atoms with Crippen molar-refractivity contribution in [2.45, 2.75) is 26.9 Å². The summed E-state index contributed by atoms with van der Waals surface area (Å²) in [6.07, 6.45) is -1.38. The van der Waals surface area contributed by atoms with Gasteiger partial charge in [0.15, 0.2) is 5.84 Å². The molecule has 2 aromatic rings. The van der Waals surface area contributed by atoms with Gasteiger partial charge >= 0.3 is 6.18 Å². The van der Waals surface area contributed by atoms with Crippen LogP contribution in [-0.2, 0) is 11.0 Å². The monoisotopic (exact) mass is 411 g/mol. The fourth-order valence-electron chi connectivity index (χ4n) is 2.20. The maximum atomic E-state index is 13.7.